The molecular formula is C7H14N2O. The number of hydrogen-bond donors (Lipinski definition) is 1. The lowest BCUT2D eigenvalue weighted by Gasteiger charge is -2.31. The fourth-order valence-electron chi connectivity index (χ4n) is 1.44. The van der Waals surface area contributed by atoms with Crippen molar-refractivity contribution in [3.63, 3.8) is 0 Å². The van der Waals surface area contributed by atoms with Gasteiger partial charge in [0.2, 0.25) is 6.41 Å². The van der Waals surface area contributed by atoms with Crippen molar-refractivity contribution in [2.24, 2.45) is 5.73 Å². The van der Waals surface area contributed by atoms with Crippen LogP contribution in [0.15, 0.2) is 0 Å². The second kappa shape index (κ2) is 2.58. The van der Waals surface area contributed by atoms with E-state index in [2.05, 4.69) is 0 Å². The lowest BCUT2D eigenvalue weighted by atomic mass is 10.1. The summed E-state index contributed by atoms with van der Waals surface area (Å²) in [7, 11) is 1.75. The summed E-state index contributed by atoms with van der Waals surface area (Å²) >= 11 is 0. The highest BCUT2D eigenvalue weighted by molar-refractivity contribution is 5.48. The third-order valence-corrected chi connectivity index (χ3v) is 2.33. The number of rotatable bonds is 2. The highest BCUT2D eigenvalue weighted by Gasteiger charge is 2.32. The van der Waals surface area contributed by atoms with Crippen LogP contribution in [-0.4, -0.2) is 24.0 Å². The standard InChI is InChI=1S/C7H14N2O/c1-9(6-10)7(8)4-2-3-5-7/h6H,2-5,8H2,1H3. The van der Waals surface area contributed by atoms with Crippen LogP contribution >= 0.6 is 0 Å². The minimum atomic E-state index is -0.332. The molecule has 0 aromatic rings. The van der Waals surface area contributed by atoms with Crippen molar-refractivity contribution in [1.82, 2.24) is 4.90 Å². The van der Waals surface area contributed by atoms with Crippen LogP contribution in [0.1, 0.15) is 25.7 Å². The lowest BCUT2D eigenvalue weighted by molar-refractivity contribution is -0.121. The highest BCUT2D eigenvalue weighted by Crippen LogP contribution is 2.28. The minimum Gasteiger partial charge on any atom is -0.330 e. The van der Waals surface area contributed by atoms with Crippen molar-refractivity contribution in [3.8, 4) is 0 Å². The van der Waals surface area contributed by atoms with Crippen LogP contribution in [0.25, 0.3) is 0 Å². The van der Waals surface area contributed by atoms with Crippen LogP contribution in [0.2, 0.25) is 0 Å². The molecule has 1 amide bonds. The molecule has 0 unspecified atom stereocenters. The van der Waals surface area contributed by atoms with E-state index in [-0.39, 0.29) is 5.66 Å². The Morgan fingerprint density at radius 3 is 2.40 bits per heavy atom. The van der Waals surface area contributed by atoms with Crippen molar-refractivity contribution in [2.75, 3.05) is 7.05 Å². The van der Waals surface area contributed by atoms with Gasteiger partial charge in [-0.1, -0.05) is 0 Å². The molecule has 3 nitrogen and oxygen atoms in total. The first kappa shape index (κ1) is 7.54. The van der Waals surface area contributed by atoms with E-state index in [1.54, 1.807) is 11.9 Å². The third-order valence-electron chi connectivity index (χ3n) is 2.33. The molecule has 0 bridgehead atoms. The second-order valence-corrected chi connectivity index (χ2v) is 3.03. The molecule has 3 heteroatoms. The lowest BCUT2D eigenvalue weighted by Crippen LogP contribution is -2.51. The number of amides is 1. The molecule has 0 atom stereocenters. The summed E-state index contributed by atoms with van der Waals surface area (Å²) in [6.07, 6.45) is 5.00. The fraction of sp³-hybridized carbons (Fsp3) is 0.857. The first-order chi connectivity index (χ1) is 4.69. The van der Waals surface area contributed by atoms with Gasteiger partial charge in [-0.25, -0.2) is 0 Å². The number of hydrogen-bond acceptors (Lipinski definition) is 2. The molecule has 0 heterocycles. The van der Waals surface area contributed by atoms with Gasteiger partial charge in [0.15, 0.2) is 0 Å². The molecule has 1 saturated carbocycles. The average molecular weight is 142 g/mol. The Hall–Kier alpha value is -0.570. The first-order valence-electron chi connectivity index (χ1n) is 3.66. The van der Waals surface area contributed by atoms with Crippen molar-refractivity contribution in [3.05, 3.63) is 0 Å². The molecular weight excluding hydrogens is 128 g/mol. The smallest absolute Gasteiger partial charge is 0.210 e. The summed E-state index contributed by atoms with van der Waals surface area (Å²) in [6, 6.07) is 0. The number of carbonyl (C=O) groups is 1. The summed E-state index contributed by atoms with van der Waals surface area (Å²) in [5.41, 5.74) is 5.58. The second-order valence-electron chi connectivity index (χ2n) is 3.03. The van der Waals surface area contributed by atoms with Gasteiger partial charge in [0.25, 0.3) is 0 Å². The zero-order chi connectivity index (χ0) is 7.61. The maximum atomic E-state index is 10.3. The maximum Gasteiger partial charge on any atom is 0.210 e. The number of nitrogens with zero attached hydrogens (tertiary/aromatic N) is 1. The Labute approximate surface area is 61.2 Å². The van der Waals surface area contributed by atoms with Gasteiger partial charge >= 0.3 is 0 Å². The van der Waals surface area contributed by atoms with Crippen molar-refractivity contribution in [2.45, 2.75) is 31.3 Å². The molecule has 0 spiro atoms. The van der Waals surface area contributed by atoms with Gasteiger partial charge in [0.05, 0.1) is 5.66 Å². The van der Waals surface area contributed by atoms with Gasteiger partial charge in [0, 0.05) is 7.05 Å². The molecule has 0 aromatic heterocycles. The van der Waals surface area contributed by atoms with Gasteiger partial charge in [-0.3, -0.25) is 4.79 Å². The molecule has 1 fully saturated rings. The van der Waals surface area contributed by atoms with E-state index in [1.165, 1.54) is 0 Å². The molecule has 0 aromatic carbocycles. The molecule has 0 aliphatic heterocycles. The van der Waals surface area contributed by atoms with E-state index in [0.717, 1.165) is 32.1 Å². The van der Waals surface area contributed by atoms with Crippen LogP contribution in [0.4, 0.5) is 0 Å². The van der Waals surface area contributed by atoms with Gasteiger partial charge in [-0.05, 0) is 25.7 Å². The van der Waals surface area contributed by atoms with Gasteiger partial charge in [-0.2, -0.15) is 0 Å². The monoisotopic (exact) mass is 142 g/mol. The van der Waals surface area contributed by atoms with Gasteiger partial charge in [0.1, 0.15) is 0 Å². The molecule has 2 N–H and O–H groups in total. The van der Waals surface area contributed by atoms with Crippen LogP contribution < -0.4 is 5.73 Å². The molecule has 1 aliphatic rings. The summed E-state index contributed by atoms with van der Waals surface area (Å²) in [4.78, 5) is 11.9. The third kappa shape index (κ3) is 1.14. The topological polar surface area (TPSA) is 46.3 Å². The van der Waals surface area contributed by atoms with Crippen molar-refractivity contribution >= 4 is 6.41 Å². The Kier molecular flexibility index (Phi) is 1.94. The summed E-state index contributed by atoms with van der Waals surface area (Å²) < 4.78 is 0. The van der Waals surface area contributed by atoms with Crippen LogP contribution in [0.3, 0.4) is 0 Å². The normalized spacial score (nSPS) is 22.6. The molecule has 58 valence electrons. The van der Waals surface area contributed by atoms with Crippen LogP contribution in [0.5, 0.6) is 0 Å². The molecule has 1 aliphatic carbocycles. The van der Waals surface area contributed by atoms with E-state index in [1.807, 2.05) is 0 Å². The largest absolute Gasteiger partial charge is 0.330 e. The van der Waals surface area contributed by atoms with Gasteiger partial charge in [-0.15, -0.1) is 0 Å². The quantitative estimate of drug-likeness (QED) is 0.445. The minimum absolute atomic E-state index is 0.332. The van der Waals surface area contributed by atoms with E-state index in [0.29, 0.717) is 0 Å². The predicted octanol–water partition coefficient (Wildman–Crippen LogP) is 0.304. The predicted molar refractivity (Wildman–Crippen MR) is 39.2 cm³/mol. The summed E-state index contributed by atoms with van der Waals surface area (Å²) in [5.74, 6) is 0. The van der Waals surface area contributed by atoms with Gasteiger partial charge < -0.3 is 10.6 Å². The molecule has 0 saturated heterocycles. The average Bonchev–Trinajstić information content (AvgIpc) is 2.36. The molecule has 1 rings (SSSR count). The number of carbonyl (C=O) groups excluding carboxylic acids is 1. The SMILES string of the molecule is CN(C=O)C1(N)CCCC1. The maximum absolute atomic E-state index is 10.3. The van der Waals surface area contributed by atoms with E-state index in [4.69, 9.17) is 5.73 Å². The van der Waals surface area contributed by atoms with Crippen molar-refractivity contribution < 1.29 is 4.79 Å². The Morgan fingerprint density at radius 1 is 1.50 bits per heavy atom. The summed E-state index contributed by atoms with van der Waals surface area (Å²) in [5, 5.41) is 0. The molecule has 10 heavy (non-hydrogen) atoms. The first-order valence-corrected chi connectivity index (χ1v) is 3.66. The van der Waals surface area contributed by atoms with E-state index >= 15 is 0 Å². The van der Waals surface area contributed by atoms with Crippen molar-refractivity contribution in [1.29, 1.82) is 0 Å². The van der Waals surface area contributed by atoms with E-state index in [9.17, 15) is 4.79 Å². The zero-order valence-corrected chi connectivity index (χ0v) is 6.34. The van der Waals surface area contributed by atoms with Crippen LogP contribution in [-0.2, 0) is 4.79 Å². The Morgan fingerprint density at radius 2 is 2.00 bits per heavy atom. The fourth-order valence-corrected chi connectivity index (χ4v) is 1.44. The molecule has 0 radical (unpaired) electrons. The van der Waals surface area contributed by atoms with E-state index < -0.39 is 0 Å². The highest BCUT2D eigenvalue weighted by atomic mass is 16.1. The van der Waals surface area contributed by atoms with Crippen LogP contribution in [0, 0.1) is 0 Å². The Bertz CT molecular complexity index is 130. The summed E-state index contributed by atoms with van der Waals surface area (Å²) in [6.45, 7) is 0. The Balaban J connectivity index is 2.57. The number of nitrogens with two attached hydrogens (primary N) is 1. The zero-order valence-electron chi connectivity index (χ0n) is 6.34.